The van der Waals surface area contributed by atoms with Crippen molar-refractivity contribution in [3.8, 4) is 0 Å². The maximum atomic E-state index is 9.23. The van der Waals surface area contributed by atoms with Crippen LogP contribution in [0.2, 0.25) is 5.02 Å². The van der Waals surface area contributed by atoms with Crippen LogP contribution >= 0.6 is 39.1 Å². The van der Waals surface area contributed by atoms with Crippen LogP contribution in [0.15, 0.2) is 22.7 Å². The first kappa shape index (κ1) is 12.1. The summed E-state index contributed by atoms with van der Waals surface area (Å²) in [4.78, 5) is 0. The van der Waals surface area contributed by atoms with Gasteiger partial charge in [-0.3, -0.25) is 0 Å². The molecule has 78 valence electrons. The average Bonchev–Trinajstić information content (AvgIpc) is 2.16. The van der Waals surface area contributed by atoms with E-state index in [1.165, 1.54) is 0 Å². The molecule has 0 saturated carbocycles. The Morgan fingerprint density at radius 2 is 2.21 bits per heavy atom. The number of anilines is 1. The van der Waals surface area contributed by atoms with Crippen LogP contribution in [0.25, 0.3) is 0 Å². The second-order valence-electron chi connectivity index (χ2n) is 2.81. The molecular weight excluding hydrogens is 289 g/mol. The van der Waals surface area contributed by atoms with Crippen LogP contribution in [0, 0.1) is 0 Å². The van der Waals surface area contributed by atoms with E-state index < -0.39 is 6.10 Å². The third-order valence-electron chi connectivity index (χ3n) is 1.64. The molecule has 0 heterocycles. The molecule has 1 aromatic rings. The Kier molecular flexibility index (Phi) is 5.02. The molecule has 0 fully saturated rings. The number of aliphatic hydroxyl groups excluding tert-OH is 1. The highest BCUT2D eigenvalue weighted by atomic mass is 79.9. The number of rotatable bonds is 4. The molecule has 14 heavy (non-hydrogen) atoms. The van der Waals surface area contributed by atoms with Gasteiger partial charge in [-0.05, 0) is 34.1 Å². The average molecular weight is 299 g/mol. The van der Waals surface area contributed by atoms with Crippen LogP contribution in [-0.2, 0) is 0 Å². The van der Waals surface area contributed by atoms with Gasteiger partial charge in [-0.1, -0.05) is 11.6 Å². The van der Waals surface area contributed by atoms with E-state index in [0.717, 1.165) is 10.2 Å². The Morgan fingerprint density at radius 3 is 2.79 bits per heavy atom. The summed E-state index contributed by atoms with van der Waals surface area (Å²) in [5, 5.41) is 12.9. The highest BCUT2D eigenvalue weighted by molar-refractivity contribution is 9.10. The molecular formula is C9H10BrCl2NO. The maximum Gasteiger partial charge on any atom is 0.0847 e. The zero-order valence-corrected chi connectivity index (χ0v) is 10.4. The quantitative estimate of drug-likeness (QED) is 0.837. The van der Waals surface area contributed by atoms with Gasteiger partial charge in [-0.25, -0.2) is 0 Å². The summed E-state index contributed by atoms with van der Waals surface area (Å²) in [6.07, 6.45) is -0.542. The van der Waals surface area contributed by atoms with Gasteiger partial charge in [0.1, 0.15) is 0 Å². The molecule has 0 aliphatic rings. The van der Waals surface area contributed by atoms with E-state index in [9.17, 15) is 5.11 Å². The minimum atomic E-state index is -0.542. The molecule has 0 bridgehead atoms. The first-order valence-electron chi connectivity index (χ1n) is 4.06. The van der Waals surface area contributed by atoms with Crippen molar-refractivity contribution in [2.45, 2.75) is 6.10 Å². The van der Waals surface area contributed by atoms with Crippen LogP contribution in [0.4, 0.5) is 5.69 Å². The first-order valence-corrected chi connectivity index (χ1v) is 5.77. The molecule has 0 radical (unpaired) electrons. The predicted octanol–water partition coefficient (Wildman–Crippen LogP) is 3.11. The Balaban J connectivity index is 2.59. The van der Waals surface area contributed by atoms with Crippen molar-refractivity contribution in [2.24, 2.45) is 0 Å². The van der Waals surface area contributed by atoms with Gasteiger partial charge in [0.25, 0.3) is 0 Å². The van der Waals surface area contributed by atoms with E-state index in [0.29, 0.717) is 11.6 Å². The van der Waals surface area contributed by atoms with Crippen molar-refractivity contribution >= 4 is 44.8 Å². The van der Waals surface area contributed by atoms with E-state index >= 15 is 0 Å². The minimum absolute atomic E-state index is 0.220. The van der Waals surface area contributed by atoms with E-state index in [1.54, 1.807) is 12.1 Å². The summed E-state index contributed by atoms with van der Waals surface area (Å²) >= 11 is 14.6. The van der Waals surface area contributed by atoms with Crippen LogP contribution in [0.5, 0.6) is 0 Å². The van der Waals surface area contributed by atoms with Crippen molar-refractivity contribution < 1.29 is 5.11 Å². The topological polar surface area (TPSA) is 32.3 Å². The molecule has 1 atom stereocenters. The molecule has 1 aromatic carbocycles. The molecule has 0 amide bonds. The van der Waals surface area contributed by atoms with Gasteiger partial charge in [-0.15, -0.1) is 11.6 Å². The fraction of sp³-hybridized carbons (Fsp3) is 0.333. The number of hydrogen-bond donors (Lipinski definition) is 2. The van der Waals surface area contributed by atoms with Gasteiger partial charge in [0.2, 0.25) is 0 Å². The molecule has 0 aliphatic heterocycles. The third kappa shape index (κ3) is 3.65. The molecule has 5 heteroatoms. The fourth-order valence-corrected chi connectivity index (χ4v) is 1.85. The van der Waals surface area contributed by atoms with Crippen molar-refractivity contribution in [1.82, 2.24) is 0 Å². The van der Waals surface area contributed by atoms with Gasteiger partial charge in [0, 0.05) is 21.7 Å². The summed E-state index contributed by atoms with van der Waals surface area (Å²) in [5.41, 5.74) is 0.888. The predicted molar refractivity (Wildman–Crippen MR) is 64.4 cm³/mol. The summed E-state index contributed by atoms with van der Waals surface area (Å²) in [6, 6.07) is 5.41. The first-order chi connectivity index (χ1) is 6.63. The molecule has 2 nitrogen and oxygen atoms in total. The lowest BCUT2D eigenvalue weighted by Crippen LogP contribution is -2.20. The minimum Gasteiger partial charge on any atom is -0.390 e. The van der Waals surface area contributed by atoms with Crippen LogP contribution in [-0.4, -0.2) is 23.6 Å². The Morgan fingerprint density at radius 1 is 1.50 bits per heavy atom. The normalized spacial score (nSPS) is 12.6. The van der Waals surface area contributed by atoms with Crippen LogP contribution in [0.3, 0.4) is 0 Å². The Hall–Kier alpha value is 0.0400. The molecule has 0 aromatic heterocycles. The molecule has 0 spiro atoms. The number of alkyl halides is 1. The van der Waals surface area contributed by atoms with E-state index in [2.05, 4.69) is 21.2 Å². The number of hydrogen-bond acceptors (Lipinski definition) is 2. The largest absolute Gasteiger partial charge is 0.390 e. The van der Waals surface area contributed by atoms with Crippen molar-refractivity contribution in [1.29, 1.82) is 0 Å². The Labute approximate surface area is 101 Å². The molecule has 1 unspecified atom stereocenters. The smallest absolute Gasteiger partial charge is 0.0847 e. The second kappa shape index (κ2) is 5.81. The monoisotopic (exact) mass is 297 g/mol. The maximum absolute atomic E-state index is 9.23. The van der Waals surface area contributed by atoms with Crippen LogP contribution in [0.1, 0.15) is 0 Å². The summed E-state index contributed by atoms with van der Waals surface area (Å²) in [5.74, 6) is 0.220. The van der Waals surface area contributed by atoms with Crippen molar-refractivity contribution in [3.63, 3.8) is 0 Å². The van der Waals surface area contributed by atoms with E-state index in [-0.39, 0.29) is 5.88 Å². The lowest BCUT2D eigenvalue weighted by Gasteiger charge is -2.11. The Bertz CT molecular complexity index is 309. The number of aliphatic hydroxyl groups is 1. The number of nitrogens with one attached hydrogen (secondary N) is 1. The molecule has 0 saturated heterocycles. The van der Waals surface area contributed by atoms with Crippen molar-refractivity contribution in [3.05, 3.63) is 27.7 Å². The third-order valence-corrected chi connectivity index (χ3v) is 2.88. The van der Waals surface area contributed by atoms with Gasteiger partial charge >= 0.3 is 0 Å². The standard InChI is InChI=1S/C9H10BrCl2NO/c10-8-3-6(12)1-2-9(8)13-5-7(14)4-11/h1-3,7,13-14H,4-5H2. The van der Waals surface area contributed by atoms with E-state index in [1.807, 2.05) is 6.07 Å². The fourth-order valence-electron chi connectivity index (χ4n) is 0.915. The SMILES string of the molecule is OC(CCl)CNc1ccc(Cl)cc1Br. The highest BCUT2D eigenvalue weighted by Crippen LogP contribution is 2.25. The molecule has 1 rings (SSSR count). The summed E-state index contributed by atoms with van der Waals surface area (Å²) < 4.78 is 0.867. The van der Waals surface area contributed by atoms with Gasteiger partial charge < -0.3 is 10.4 Å². The van der Waals surface area contributed by atoms with Gasteiger partial charge in [-0.2, -0.15) is 0 Å². The number of halogens is 3. The second-order valence-corrected chi connectivity index (χ2v) is 4.41. The zero-order valence-electron chi connectivity index (χ0n) is 7.30. The summed E-state index contributed by atoms with van der Waals surface area (Å²) in [6.45, 7) is 0.420. The van der Waals surface area contributed by atoms with Crippen molar-refractivity contribution in [2.75, 3.05) is 17.7 Å². The lowest BCUT2D eigenvalue weighted by atomic mass is 10.3. The lowest BCUT2D eigenvalue weighted by molar-refractivity contribution is 0.211. The highest BCUT2D eigenvalue weighted by Gasteiger charge is 2.04. The summed E-state index contributed by atoms with van der Waals surface area (Å²) in [7, 11) is 0. The zero-order chi connectivity index (χ0) is 10.6. The van der Waals surface area contributed by atoms with Gasteiger partial charge in [0.15, 0.2) is 0 Å². The number of benzene rings is 1. The van der Waals surface area contributed by atoms with E-state index in [4.69, 9.17) is 23.2 Å². The molecule has 2 N–H and O–H groups in total. The van der Waals surface area contributed by atoms with Gasteiger partial charge in [0.05, 0.1) is 12.0 Å². The molecule has 0 aliphatic carbocycles. The van der Waals surface area contributed by atoms with Crippen LogP contribution < -0.4 is 5.32 Å².